The number of nitrogens with one attached hydrogen (secondary N) is 1. The molecule has 5 nitrogen and oxygen atoms in total. The lowest BCUT2D eigenvalue weighted by Crippen LogP contribution is -2.26. The molecule has 0 aromatic carbocycles. The van der Waals surface area contributed by atoms with Crippen LogP contribution in [0.25, 0.3) is 0 Å². The molecule has 1 N–H and O–H groups in total. The molecule has 0 amide bonds. The number of nitrogens with zero attached hydrogens (tertiary/aromatic N) is 3. The third-order valence-corrected chi connectivity index (χ3v) is 3.11. The third kappa shape index (κ3) is 3.07. The van der Waals surface area contributed by atoms with Crippen molar-refractivity contribution in [3.8, 4) is 0 Å². The second-order valence-electron chi connectivity index (χ2n) is 4.77. The summed E-state index contributed by atoms with van der Waals surface area (Å²) in [6, 6.07) is 0.546. The summed E-state index contributed by atoms with van der Waals surface area (Å²) in [4.78, 5) is 2.09. The number of hydrogen-bond donors (Lipinski definition) is 1. The number of likely N-dealkylation sites (N-methyl/N-ethyl adjacent to an activating group) is 1. The average molecular weight is 256 g/mol. The van der Waals surface area contributed by atoms with E-state index in [0.29, 0.717) is 12.6 Å². The number of H-pyrrole nitrogens is 1. The van der Waals surface area contributed by atoms with Crippen molar-refractivity contribution in [1.29, 1.82) is 0 Å². The van der Waals surface area contributed by atoms with Gasteiger partial charge in [0, 0.05) is 19.6 Å². The molecule has 0 bridgehead atoms. The van der Waals surface area contributed by atoms with Crippen LogP contribution in [0.15, 0.2) is 0 Å². The van der Waals surface area contributed by atoms with Gasteiger partial charge in [-0.05, 0) is 38.9 Å². The minimum Gasteiger partial charge on any atom is -0.377 e. The fourth-order valence-corrected chi connectivity index (χ4v) is 2.03. The zero-order chi connectivity index (χ0) is 12.4. The first kappa shape index (κ1) is 12.6. The Hall–Kier alpha value is -0.880. The Kier molecular flexibility index (Phi) is 3.83. The molecule has 0 radical (unpaired) electrons. The van der Waals surface area contributed by atoms with Gasteiger partial charge >= 0.3 is 0 Å². The topological polar surface area (TPSA) is 46.1 Å². The monoisotopic (exact) mass is 256 g/mol. The Labute approximate surface area is 107 Å². The largest absolute Gasteiger partial charge is 0.377 e. The first-order chi connectivity index (χ1) is 8.09. The molecule has 1 heterocycles. The van der Waals surface area contributed by atoms with Crippen molar-refractivity contribution in [3.05, 3.63) is 4.77 Å². The Morgan fingerprint density at radius 2 is 2.29 bits per heavy atom. The van der Waals surface area contributed by atoms with Crippen LogP contribution < -0.4 is 4.90 Å². The van der Waals surface area contributed by atoms with Crippen molar-refractivity contribution in [2.45, 2.75) is 38.8 Å². The highest BCUT2D eigenvalue weighted by Crippen LogP contribution is 2.37. The maximum absolute atomic E-state index is 5.54. The molecule has 1 fully saturated rings. The molecule has 1 aromatic heterocycles. The van der Waals surface area contributed by atoms with E-state index < -0.39 is 0 Å². The van der Waals surface area contributed by atoms with E-state index >= 15 is 0 Å². The van der Waals surface area contributed by atoms with Crippen molar-refractivity contribution in [2.24, 2.45) is 0 Å². The normalized spacial score (nSPS) is 15.5. The van der Waals surface area contributed by atoms with E-state index in [-0.39, 0.29) is 6.10 Å². The van der Waals surface area contributed by atoms with Crippen LogP contribution >= 0.6 is 12.2 Å². The summed E-state index contributed by atoms with van der Waals surface area (Å²) in [5.74, 6) is 0.921. The summed E-state index contributed by atoms with van der Waals surface area (Å²) in [6.45, 7) is 5.61. The van der Waals surface area contributed by atoms with Crippen LogP contribution in [0, 0.1) is 4.77 Å². The van der Waals surface area contributed by atoms with Gasteiger partial charge in [0.05, 0.1) is 12.7 Å². The van der Waals surface area contributed by atoms with Crippen molar-refractivity contribution < 1.29 is 4.74 Å². The van der Waals surface area contributed by atoms with Crippen molar-refractivity contribution >= 4 is 18.2 Å². The molecule has 0 unspecified atom stereocenters. The number of rotatable bonds is 6. The fourth-order valence-electron chi connectivity index (χ4n) is 1.75. The van der Waals surface area contributed by atoms with Gasteiger partial charge in [-0.15, -0.1) is 5.10 Å². The Morgan fingerprint density at radius 3 is 2.88 bits per heavy atom. The van der Waals surface area contributed by atoms with Crippen LogP contribution in [0.1, 0.15) is 32.7 Å². The van der Waals surface area contributed by atoms with E-state index in [1.54, 1.807) is 0 Å². The van der Waals surface area contributed by atoms with Gasteiger partial charge in [-0.2, -0.15) is 0 Å². The summed E-state index contributed by atoms with van der Waals surface area (Å²) in [5.41, 5.74) is 0. The lowest BCUT2D eigenvalue weighted by atomic mass is 10.5. The van der Waals surface area contributed by atoms with Gasteiger partial charge in [0.15, 0.2) is 4.77 Å². The third-order valence-electron chi connectivity index (χ3n) is 2.82. The summed E-state index contributed by atoms with van der Waals surface area (Å²) in [5, 5.41) is 7.16. The van der Waals surface area contributed by atoms with Crippen LogP contribution in [-0.2, 0) is 4.74 Å². The molecular formula is C11H20N4OS. The van der Waals surface area contributed by atoms with Gasteiger partial charge in [0.2, 0.25) is 5.95 Å². The molecule has 1 aliphatic carbocycles. The average Bonchev–Trinajstić information content (AvgIpc) is 3.01. The van der Waals surface area contributed by atoms with Gasteiger partial charge in [-0.3, -0.25) is 4.57 Å². The summed E-state index contributed by atoms with van der Waals surface area (Å²) >= 11 is 5.25. The molecular weight excluding hydrogens is 236 g/mol. The van der Waals surface area contributed by atoms with E-state index in [9.17, 15) is 0 Å². The highest BCUT2D eigenvalue weighted by molar-refractivity contribution is 7.71. The zero-order valence-corrected chi connectivity index (χ0v) is 11.5. The highest BCUT2D eigenvalue weighted by atomic mass is 32.1. The molecule has 1 aliphatic rings. The maximum Gasteiger partial charge on any atom is 0.225 e. The van der Waals surface area contributed by atoms with Gasteiger partial charge in [0.1, 0.15) is 0 Å². The van der Waals surface area contributed by atoms with E-state index in [0.717, 1.165) is 17.3 Å². The molecule has 6 heteroatoms. The minimum atomic E-state index is 0.271. The van der Waals surface area contributed by atoms with Crippen molar-refractivity contribution in [2.75, 3.05) is 25.1 Å². The molecule has 1 saturated carbocycles. The highest BCUT2D eigenvalue weighted by Gasteiger charge is 2.28. The van der Waals surface area contributed by atoms with E-state index in [2.05, 4.69) is 19.7 Å². The molecule has 2 rings (SSSR count). The lowest BCUT2D eigenvalue weighted by molar-refractivity contribution is 0.0844. The minimum absolute atomic E-state index is 0.271. The number of ether oxygens (including phenoxy) is 1. The smallest absolute Gasteiger partial charge is 0.225 e. The van der Waals surface area contributed by atoms with Crippen LogP contribution in [0.2, 0.25) is 0 Å². The Morgan fingerprint density at radius 1 is 1.59 bits per heavy atom. The molecule has 0 aliphatic heterocycles. The number of hydrogen-bond acceptors (Lipinski definition) is 4. The second kappa shape index (κ2) is 5.18. The molecule has 96 valence electrons. The van der Waals surface area contributed by atoms with Gasteiger partial charge in [0.25, 0.3) is 0 Å². The van der Waals surface area contributed by atoms with Crippen molar-refractivity contribution in [3.63, 3.8) is 0 Å². The first-order valence-corrected chi connectivity index (χ1v) is 6.50. The van der Waals surface area contributed by atoms with Crippen LogP contribution in [-0.4, -0.2) is 41.1 Å². The number of anilines is 1. The number of aromatic nitrogens is 3. The van der Waals surface area contributed by atoms with Crippen LogP contribution in [0.3, 0.4) is 0 Å². The summed E-state index contributed by atoms with van der Waals surface area (Å²) < 4.78 is 8.38. The number of aromatic amines is 1. The van der Waals surface area contributed by atoms with Gasteiger partial charge < -0.3 is 9.64 Å². The van der Waals surface area contributed by atoms with Crippen LogP contribution in [0.4, 0.5) is 5.95 Å². The lowest BCUT2D eigenvalue weighted by Gasteiger charge is -2.19. The van der Waals surface area contributed by atoms with E-state index in [1.807, 2.05) is 20.9 Å². The molecule has 0 spiro atoms. The molecule has 17 heavy (non-hydrogen) atoms. The predicted octanol–water partition coefficient (Wildman–Crippen LogP) is 2.14. The van der Waals surface area contributed by atoms with E-state index in [4.69, 9.17) is 17.0 Å². The maximum atomic E-state index is 5.54. The standard InChI is InChI=1S/C11H20N4OS/c1-8(2)16-7-6-14(3)10-12-13-11(17)15(10)9-4-5-9/h8-9H,4-7H2,1-3H3,(H,13,17). The molecule has 0 saturated heterocycles. The zero-order valence-electron chi connectivity index (χ0n) is 10.6. The quantitative estimate of drug-likeness (QED) is 0.792. The second-order valence-corrected chi connectivity index (χ2v) is 5.16. The summed E-state index contributed by atoms with van der Waals surface area (Å²) in [6.07, 6.45) is 2.68. The van der Waals surface area contributed by atoms with Gasteiger partial charge in [-0.1, -0.05) is 0 Å². The fraction of sp³-hybridized carbons (Fsp3) is 0.818. The molecule has 1 aromatic rings. The van der Waals surface area contributed by atoms with Crippen LogP contribution in [0.5, 0.6) is 0 Å². The van der Waals surface area contributed by atoms with Crippen molar-refractivity contribution in [1.82, 2.24) is 14.8 Å². The van der Waals surface area contributed by atoms with E-state index in [1.165, 1.54) is 12.8 Å². The van der Waals surface area contributed by atoms with Gasteiger partial charge in [-0.25, -0.2) is 5.10 Å². The summed E-state index contributed by atoms with van der Waals surface area (Å²) in [7, 11) is 2.02. The Bertz CT molecular complexity index is 421. The predicted molar refractivity (Wildman–Crippen MR) is 70.0 cm³/mol. The Balaban J connectivity index is 1.98. The SMILES string of the molecule is CC(C)OCCN(C)c1n[nH]c(=S)n1C1CC1. The molecule has 0 atom stereocenters. The first-order valence-electron chi connectivity index (χ1n) is 6.09.